The molecule has 0 atom stereocenters. The van der Waals surface area contributed by atoms with Gasteiger partial charge >= 0.3 is 0 Å². The highest BCUT2D eigenvalue weighted by atomic mass is 15.1. The summed E-state index contributed by atoms with van der Waals surface area (Å²) in [6.45, 7) is 0. The van der Waals surface area contributed by atoms with Gasteiger partial charge in [0.2, 0.25) is 0 Å². The molecule has 0 saturated carbocycles. The van der Waals surface area contributed by atoms with Crippen molar-refractivity contribution in [1.82, 2.24) is 9.13 Å². The Labute approximate surface area is 685 Å². The summed E-state index contributed by atoms with van der Waals surface area (Å²) < 4.78 is 4.88. The topological polar surface area (TPSA) is 16.3 Å². The minimum absolute atomic E-state index is 1.06. The van der Waals surface area contributed by atoms with Gasteiger partial charge in [0.05, 0.1) is 39.1 Å². The average molecular weight is 1500 g/mol. The highest BCUT2D eigenvalue weighted by Crippen LogP contribution is 2.48. The third-order valence-electron chi connectivity index (χ3n) is 23.9. The molecule has 0 fully saturated rings. The van der Waals surface area contributed by atoms with Crippen LogP contribution in [0.25, 0.3) is 176 Å². The Hall–Kier alpha value is -15.6. The van der Waals surface area contributed by atoms with E-state index in [1.54, 1.807) is 0 Å². The first-order chi connectivity index (χ1) is 58.5. The molecule has 0 unspecified atom stereocenters. The SMILES string of the molecule is c1cc(-c2ccc(-n3c4ccccc4c4ccccc43)c(-c3ccc(-c4ccc(N(c5ccc6ccccc6c5)c5ccccc5-c5cccc6ccccc56)cc4)cc3)c2)cc(-c2ccccc2-c2cccc(N(c3ccc(-c4ccc(-c5ccccc5-n5c6ccccc6c6ccccc65)cc4)cc3)c3ccc4ccccc4c3)c2)c1. The van der Waals surface area contributed by atoms with Crippen LogP contribution >= 0.6 is 0 Å². The lowest BCUT2D eigenvalue weighted by Gasteiger charge is -2.28. The van der Waals surface area contributed by atoms with E-state index in [4.69, 9.17) is 0 Å². The maximum Gasteiger partial charge on any atom is 0.0541 e. The highest BCUT2D eigenvalue weighted by molar-refractivity contribution is 6.12. The van der Waals surface area contributed by atoms with E-state index in [-0.39, 0.29) is 0 Å². The van der Waals surface area contributed by atoms with Crippen molar-refractivity contribution in [1.29, 1.82) is 0 Å². The van der Waals surface area contributed by atoms with Crippen molar-refractivity contribution in [3.8, 4) is 100 Å². The normalized spacial score (nSPS) is 11.6. The molecular weight excluding hydrogens is 1430 g/mol. The Balaban J connectivity index is 0.593. The minimum Gasteiger partial charge on any atom is -0.310 e. The zero-order chi connectivity index (χ0) is 78.0. The van der Waals surface area contributed by atoms with Gasteiger partial charge in [-0.05, 0) is 220 Å². The molecule has 0 N–H and O–H groups in total. The Morgan fingerprint density at radius 1 is 0.144 bits per heavy atom. The largest absolute Gasteiger partial charge is 0.310 e. The maximum absolute atomic E-state index is 2.46. The number of benzene rings is 20. The Bertz CT molecular complexity index is 7500. The summed E-state index contributed by atoms with van der Waals surface area (Å²) in [6, 6.07) is 170. The molecule has 20 aromatic carbocycles. The van der Waals surface area contributed by atoms with Crippen LogP contribution in [0.4, 0.5) is 34.1 Å². The van der Waals surface area contributed by atoms with Crippen molar-refractivity contribution in [2.75, 3.05) is 9.80 Å². The van der Waals surface area contributed by atoms with Crippen LogP contribution in [0.5, 0.6) is 0 Å². The first-order valence-electron chi connectivity index (χ1n) is 40.6. The molecule has 22 aromatic rings. The van der Waals surface area contributed by atoms with Gasteiger partial charge in [0.25, 0.3) is 0 Å². The van der Waals surface area contributed by atoms with Gasteiger partial charge in [-0.15, -0.1) is 0 Å². The number of aromatic nitrogens is 2. The van der Waals surface area contributed by atoms with Crippen LogP contribution in [-0.2, 0) is 0 Å². The highest BCUT2D eigenvalue weighted by Gasteiger charge is 2.24. The van der Waals surface area contributed by atoms with E-state index < -0.39 is 0 Å². The summed E-state index contributed by atoms with van der Waals surface area (Å²) in [6.07, 6.45) is 0. The number of para-hydroxylation sites is 6. The molecule has 22 rings (SSSR count). The Morgan fingerprint density at radius 3 is 1.04 bits per heavy atom. The first kappa shape index (κ1) is 69.1. The van der Waals surface area contributed by atoms with E-state index in [2.05, 4.69) is 480 Å². The Kier molecular flexibility index (Phi) is 17.2. The zero-order valence-corrected chi connectivity index (χ0v) is 64.7. The summed E-state index contributed by atoms with van der Waals surface area (Å²) >= 11 is 0. The van der Waals surface area contributed by atoms with E-state index in [0.29, 0.717) is 0 Å². The van der Waals surface area contributed by atoms with Crippen LogP contribution in [0.15, 0.2) is 461 Å². The van der Waals surface area contributed by atoms with Crippen molar-refractivity contribution in [3.63, 3.8) is 0 Å². The molecule has 4 heteroatoms. The lowest BCUT2D eigenvalue weighted by Crippen LogP contribution is -2.11. The van der Waals surface area contributed by atoms with Gasteiger partial charge in [0.1, 0.15) is 0 Å². The van der Waals surface area contributed by atoms with Gasteiger partial charge < -0.3 is 18.9 Å². The number of hydrogen-bond donors (Lipinski definition) is 0. The molecule has 2 heterocycles. The number of rotatable bonds is 16. The number of hydrogen-bond acceptors (Lipinski definition) is 2. The summed E-state index contributed by atoms with van der Waals surface area (Å²) in [7, 11) is 0. The second kappa shape index (κ2) is 29.4. The third-order valence-corrected chi connectivity index (χ3v) is 23.9. The molecule has 552 valence electrons. The van der Waals surface area contributed by atoms with Crippen LogP contribution in [0.2, 0.25) is 0 Å². The molecule has 2 aromatic heterocycles. The van der Waals surface area contributed by atoms with Crippen molar-refractivity contribution < 1.29 is 0 Å². The molecule has 0 aliphatic heterocycles. The van der Waals surface area contributed by atoms with Crippen LogP contribution in [0.1, 0.15) is 0 Å². The fourth-order valence-electron chi connectivity index (χ4n) is 18.2. The quantitative estimate of drug-likeness (QED) is 0.0959. The summed E-state index contributed by atoms with van der Waals surface area (Å²) in [5, 5.41) is 12.2. The fraction of sp³-hybridized carbons (Fsp3) is 0. The molecule has 0 aliphatic rings. The number of nitrogens with zero attached hydrogens (tertiary/aromatic N) is 4. The number of anilines is 6. The van der Waals surface area contributed by atoms with Crippen molar-refractivity contribution in [2.45, 2.75) is 0 Å². The molecule has 118 heavy (non-hydrogen) atoms. The van der Waals surface area contributed by atoms with E-state index >= 15 is 0 Å². The van der Waals surface area contributed by atoms with Crippen LogP contribution in [0, 0.1) is 0 Å². The average Bonchev–Trinajstić information content (AvgIpc) is 1.58. The van der Waals surface area contributed by atoms with Gasteiger partial charge in [-0.3, -0.25) is 0 Å². The van der Waals surface area contributed by atoms with Crippen molar-refractivity contribution in [2.24, 2.45) is 0 Å². The predicted molar refractivity (Wildman–Crippen MR) is 500 cm³/mol. The summed E-state index contributed by atoms with van der Waals surface area (Å²) in [5.41, 5.74) is 31.9. The lowest BCUT2D eigenvalue weighted by atomic mass is 9.91. The van der Waals surface area contributed by atoms with Gasteiger partial charge in [-0.2, -0.15) is 0 Å². The predicted octanol–water partition coefficient (Wildman–Crippen LogP) is 31.6. The second-order valence-corrected chi connectivity index (χ2v) is 30.7. The van der Waals surface area contributed by atoms with E-state index in [9.17, 15) is 0 Å². The monoisotopic (exact) mass is 1500 g/mol. The zero-order valence-electron chi connectivity index (χ0n) is 64.7. The first-order valence-corrected chi connectivity index (χ1v) is 40.6. The summed E-state index contributed by atoms with van der Waals surface area (Å²) in [4.78, 5) is 4.82. The van der Waals surface area contributed by atoms with Gasteiger partial charge in [-0.25, -0.2) is 0 Å². The van der Waals surface area contributed by atoms with Gasteiger partial charge in [0.15, 0.2) is 0 Å². The summed E-state index contributed by atoms with van der Waals surface area (Å²) in [5.74, 6) is 0. The molecule has 0 spiro atoms. The smallest absolute Gasteiger partial charge is 0.0541 e. The van der Waals surface area contributed by atoms with Crippen LogP contribution in [0.3, 0.4) is 0 Å². The van der Waals surface area contributed by atoms with Gasteiger partial charge in [0, 0.05) is 66.7 Å². The molecule has 0 bridgehead atoms. The van der Waals surface area contributed by atoms with Crippen LogP contribution in [-0.4, -0.2) is 9.13 Å². The molecule has 4 nitrogen and oxygen atoms in total. The second-order valence-electron chi connectivity index (χ2n) is 30.7. The molecule has 0 amide bonds. The fourth-order valence-corrected chi connectivity index (χ4v) is 18.2. The van der Waals surface area contributed by atoms with Gasteiger partial charge in [-0.1, -0.05) is 346 Å². The van der Waals surface area contributed by atoms with Crippen molar-refractivity contribution in [3.05, 3.63) is 461 Å². The van der Waals surface area contributed by atoms with E-state index in [1.165, 1.54) is 98.2 Å². The minimum atomic E-state index is 1.06. The molecule has 0 saturated heterocycles. The third kappa shape index (κ3) is 12.3. The number of fused-ring (bicyclic) bond motifs is 9. The molecule has 0 radical (unpaired) electrons. The molecule has 0 aliphatic carbocycles. The lowest BCUT2D eigenvalue weighted by molar-refractivity contribution is 1.18. The molecular formula is C114H76N4. The maximum atomic E-state index is 2.46. The van der Waals surface area contributed by atoms with Crippen molar-refractivity contribution >= 4 is 110 Å². The van der Waals surface area contributed by atoms with E-state index in [0.717, 1.165) is 112 Å². The Morgan fingerprint density at radius 2 is 0.483 bits per heavy atom. The van der Waals surface area contributed by atoms with E-state index in [1.807, 2.05) is 0 Å². The van der Waals surface area contributed by atoms with Crippen LogP contribution < -0.4 is 9.80 Å². The standard InChI is InChI=1S/C114H76N4/c1-3-27-87-73-95(69-62-77(87)24-1)115(92-65-58-81(59-66-92)79-50-54-84(55-51-79)100-37-9-15-44-108(100)117-110-46-17-11-39-103(110)104-40-12-18-47-111(104)117)94-33-22-32-91(75-94)99-36-8-7-35-98(99)90-31-21-30-86(72-90)89-64-71-114(118-112-48-19-13-41-105(112)106-42-14-20-49-113(106)118)107(76-89)85-56-52-80(53-57-85)82-60-67-93(68-61-82)116(96-70-63-78-25-2-4-28-88(78)74-96)109-45-16-10-38-102(109)101-43-23-29-83-26-5-6-34-97(83)101/h1-76H.